The van der Waals surface area contributed by atoms with Crippen LogP contribution in [0, 0.1) is 5.41 Å². The third kappa shape index (κ3) is 7.30. The van der Waals surface area contributed by atoms with Crippen molar-refractivity contribution >= 4 is 11.9 Å². The van der Waals surface area contributed by atoms with Gasteiger partial charge in [-0.3, -0.25) is 4.79 Å². The van der Waals surface area contributed by atoms with Crippen molar-refractivity contribution in [2.24, 2.45) is 5.41 Å². The van der Waals surface area contributed by atoms with Crippen molar-refractivity contribution in [1.82, 2.24) is 5.32 Å². The molecule has 0 aromatic heterocycles. The molecule has 0 radical (unpaired) electrons. The zero-order valence-electron chi connectivity index (χ0n) is 12.7. The Morgan fingerprint density at radius 2 is 1.61 bits per heavy atom. The van der Waals surface area contributed by atoms with Crippen LogP contribution in [0.15, 0.2) is 0 Å². The van der Waals surface area contributed by atoms with E-state index in [1.54, 1.807) is 0 Å². The number of alkyl carbamates (subject to hydrolysis) is 1. The number of nitrogens with one attached hydrogen (secondary N) is 1. The van der Waals surface area contributed by atoms with Crippen LogP contribution in [-0.4, -0.2) is 23.5 Å². The van der Waals surface area contributed by atoms with Crippen LogP contribution in [0.4, 0.5) is 4.79 Å². The van der Waals surface area contributed by atoms with E-state index in [-0.39, 0.29) is 17.2 Å². The molecule has 0 spiro atoms. The van der Waals surface area contributed by atoms with Gasteiger partial charge in [-0.2, -0.15) is 0 Å². The molecule has 0 saturated carbocycles. The molecule has 0 aromatic carbocycles. The Balaban J connectivity index is 4.37. The number of carbonyl (C=O) groups excluding carboxylic acids is 2. The Morgan fingerprint density at radius 1 is 1.11 bits per heavy atom. The number of rotatable bonds is 4. The van der Waals surface area contributed by atoms with Gasteiger partial charge in [-0.05, 0) is 27.2 Å². The Kier molecular flexibility index (Phi) is 5.84. The third-order valence-corrected chi connectivity index (χ3v) is 2.48. The van der Waals surface area contributed by atoms with E-state index in [9.17, 15) is 9.59 Å². The second-order valence-electron chi connectivity index (χ2n) is 6.63. The number of ketones is 1. The van der Waals surface area contributed by atoms with E-state index in [2.05, 4.69) is 5.32 Å². The third-order valence-electron chi connectivity index (χ3n) is 2.48. The quantitative estimate of drug-likeness (QED) is 0.840. The van der Waals surface area contributed by atoms with Gasteiger partial charge in [0, 0.05) is 17.9 Å². The van der Waals surface area contributed by atoms with Crippen LogP contribution >= 0.6 is 0 Å². The maximum Gasteiger partial charge on any atom is 0.407 e. The summed E-state index contributed by atoms with van der Waals surface area (Å²) in [6, 6.07) is -0.161. The van der Waals surface area contributed by atoms with Crippen LogP contribution in [0.1, 0.15) is 61.3 Å². The van der Waals surface area contributed by atoms with E-state index >= 15 is 0 Å². The van der Waals surface area contributed by atoms with E-state index < -0.39 is 11.7 Å². The summed E-state index contributed by atoms with van der Waals surface area (Å²) in [5.74, 6) is 0.144. The van der Waals surface area contributed by atoms with Gasteiger partial charge in [-0.1, -0.05) is 27.7 Å². The largest absolute Gasteiger partial charge is 0.444 e. The van der Waals surface area contributed by atoms with E-state index in [1.165, 1.54) is 0 Å². The highest BCUT2D eigenvalue weighted by Gasteiger charge is 2.26. The monoisotopic (exact) mass is 257 g/mol. The van der Waals surface area contributed by atoms with Crippen molar-refractivity contribution in [3.05, 3.63) is 0 Å². The number of hydrogen-bond donors (Lipinski definition) is 1. The molecule has 0 aromatic rings. The second-order valence-corrected chi connectivity index (χ2v) is 6.63. The lowest BCUT2D eigenvalue weighted by molar-refractivity contribution is -0.126. The highest BCUT2D eigenvalue weighted by molar-refractivity contribution is 5.84. The molecule has 0 rings (SSSR count). The van der Waals surface area contributed by atoms with Crippen molar-refractivity contribution < 1.29 is 14.3 Å². The van der Waals surface area contributed by atoms with Gasteiger partial charge >= 0.3 is 6.09 Å². The van der Waals surface area contributed by atoms with Gasteiger partial charge in [-0.15, -0.1) is 0 Å². The summed E-state index contributed by atoms with van der Waals surface area (Å²) in [5.41, 5.74) is -0.889. The van der Waals surface area contributed by atoms with Gasteiger partial charge in [0.1, 0.15) is 11.4 Å². The lowest BCUT2D eigenvalue weighted by atomic mass is 9.86. The standard InChI is InChI=1S/C14H27NO3/c1-8-10(9-11(16)13(2,3)4)15-12(17)18-14(5,6)7/h10H,8-9H2,1-7H3,(H,15,17). The van der Waals surface area contributed by atoms with Gasteiger partial charge in [0.15, 0.2) is 0 Å². The van der Waals surface area contributed by atoms with Crippen molar-refractivity contribution in [2.45, 2.75) is 73.0 Å². The topological polar surface area (TPSA) is 55.4 Å². The molecule has 106 valence electrons. The number of carbonyl (C=O) groups is 2. The molecule has 0 heterocycles. The highest BCUT2D eigenvalue weighted by atomic mass is 16.6. The van der Waals surface area contributed by atoms with Crippen LogP contribution in [0.5, 0.6) is 0 Å². The molecule has 1 unspecified atom stereocenters. The Morgan fingerprint density at radius 3 is 1.94 bits per heavy atom. The first-order chi connectivity index (χ1) is 7.95. The summed E-state index contributed by atoms with van der Waals surface area (Å²) in [6.45, 7) is 13.0. The lowest BCUT2D eigenvalue weighted by Gasteiger charge is -2.24. The van der Waals surface area contributed by atoms with Crippen LogP contribution in [0.25, 0.3) is 0 Å². The SMILES string of the molecule is CCC(CC(=O)C(C)(C)C)NC(=O)OC(C)(C)C. The summed E-state index contributed by atoms with van der Waals surface area (Å²) in [5, 5.41) is 2.74. The lowest BCUT2D eigenvalue weighted by Crippen LogP contribution is -2.41. The molecule has 0 aliphatic rings. The molecule has 1 amide bonds. The number of Topliss-reactive ketones (excluding diaryl/α,β-unsaturated/α-hetero) is 1. The van der Waals surface area contributed by atoms with Crippen LogP contribution < -0.4 is 5.32 Å². The van der Waals surface area contributed by atoms with Crippen molar-refractivity contribution in [1.29, 1.82) is 0 Å². The minimum atomic E-state index is -0.517. The fourth-order valence-corrected chi connectivity index (χ4v) is 1.30. The number of amides is 1. The number of ether oxygens (including phenoxy) is 1. The van der Waals surface area contributed by atoms with Crippen LogP contribution in [0.3, 0.4) is 0 Å². The van der Waals surface area contributed by atoms with Gasteiger partial charge in [0.25, 0.3) is 0 Å². The van der Waals surface area contributed by atoms with E-state index in [0.717, 1.165) is 0 Å². The fraction of sp³-hybridized carbons (Fsp3) is 0.857. The summed E-state index contributed by atoms with van der Waals surface area (Å²) in [7, 11) is 0. The van der Waals surface area contributed by atoms with E-state index in [4.69, 9.17) is 4.74 Å². The maximum atomic E-state index is 11.9. The predicted molar refractivity (Wildman–Crippen MR) is 72.5 cm³/mol. The van der Waals surface area contributed by atoms with E-state index in [0.29, 0.717) is 12.8 Å². The normalized spacial score (nSPS) is 13.9. The summed E-state index contributed by atoms with van der Waals surface area (Å²) < 4.78 is 5.18. The molecule has 0 aliphatic carbocycles. The Labute approximate surface area is 110 Å². The molecular weight excluding hydrogens is 230 g/mol. The van der Waals surface area contributed by atoms with Crippen LogP contribution in [0.2, 0.25) is 0 Å². The molecule has 4 heteroatoms. The van der Waals surface area contributed by atoms with Crippen molar-refractivity contribution in [3.8, 4) is 0 Å². The molecule has 1 N–H and O–H groups in total. The van der Waals surface area contributed by atoms with Gasteiger partial charge in [0.2, 0.25) is 0 Å². The summed E-state index contributed by atoms with van der Waals surface area (Å²) >= 11 is 0. The first kappa shape index (κ1) is 16.9. The summed E-state index contributed by atoms with van der Waals surface area (Å²) in [6.07, 6.45) is 0.594. The first-order valence-electron chi connectivity index (χ1n) is 6.48. The van der Waals surface area contributed by atoms with Gasteiger partial charge in [-0.25, -0.2) is 4.79 Å². The Hall–Kier alpha value is -1.06. The number of hydrogen-bond acceptors (Lipinski definition) is 3. The average molecular weight is 257 g/mol. The highest BCUT2D eigenvalue weighted by Crippen LogP contribution is 2.18. The maximum absolute atomic E-state index is 11.9. The minimum Gasteiger partial charge on any atom is -0.444 e. The fourth-order valence-electron chi connectivity index (χ4n) is 1.30. The minimum absolute atomic E-state index is 0.144. The van der Waals surface area contributed by atoms with E-state index in [1.807, 2.05) is 48.5 Å². The average Bonchev–Trinajstić information content (AvgIpc) is 2.11. The second kappa shape index (κ2) is 6.21. The van der Waals surface area contributed by atoms with Crippen LogP contribution in [-0.2, 0) is 9.53 Å². The van der Waals surface area contributed by atoms with Crippen molar-refractivity contribution in [2.75, 3.05) is 0 Å². The Bertz CT molecular complexity index is 297. The van der Waals surface area contributed by atoms with Crippen molar-refractivity contribution in [3.63, 3.8) is 0 Å². The predicted octanol–water partition coefficient (Wildman–Crippen LogP) is 3.30. The molecule has 0 fully saturated rings. The molecule has 0 bridgehead atoms. The molecular formula is C14H27NO3. The zero-order chi connectivity index (χ0) is 14.6. The molecule has 18 heavy (non-hydrogen) atoms. The van der Waals surface area contributed by atoms with Gasteiger partial charge < -0.3 is 10.1 Å². The zero-order valence-corrected chi connectivity index (χ0v) is 12.7. The first-order valence-corrected chi connectivity index (χ1v) is 6.48. The van der Waals surface area contributed by atoms with Gasteiger partial charge in [0.05, 0.1) is 0 Å². The molecule has 1 atom stereocenters. The molecule has 0 aliphatic heterocycles. The smallest absolute Gasteiger partial charge is 0.407 e. The summed E-state index contributed by atoms with van der Waals surface area (Å²) in [4.78, 5) is 23.5. The molecule has 0 saturated heterocycles. The molecule has 4 nitrogen and oxygen atoms in total.